The first kappa shape index (κ1) is 18.6. The van der Waals surface area contributed by atoms with E-state index in [1.165, 1.54) is 12.1 Å². The molecule has 5 heteroatoms. The zero-order valence-electron chi connectivity index (χ0n) is 14.3. The minimum Gasteiger partial charge on any atom is -0.466 e. The van der Waals surface area contributed by atoms with Crippen molar-refractivity contribution in [2.45, 2.75) is 26.3 Å². The molecule has 2 aromatic rings. The van der Waals surface area contributed by atoms with E-state index in [-0.39, 0.29) is 37.1 Å². The Balaban J connectivity index is 2.04. The summed E-state index contributed by atoms with van der Waals surface area (Å²) in [5.41, 5.74) is 1.72. The maximum atomic E-state index is 13.0. The van der Waals surface area contributed by atoms with E-state index >= 15 is 0 Å². The Kier molecular flexibility index (Phi) is 7.14. The zero-order valence-corrected chi connectivity index (χ0v) is 14.3. The van der Waals surface area contributed by atoms with Crippen LogP contribution in [0.1, 0.15) is 24.5 Å². The van der Waals surface area contributed by atoms with Gasteiger partial charge in [-0.15, -0.1) is 0 Å². The van der Waals surface area contributed by atoms with Crippen LogP contribution in [0.4, 0.5) is 4.39 Å². The SMILES string of the molecule is CCOC(=O)CCN(Cc1ccccc1)C(=O)Cc1ccc(F)cc1. The van der Waals surface area contributed by atoms with Gasteiger partial charge in [0.25, 0.3) is 0 Å². The Morgan fingerprint density at radius 3 is 2.32 bits per heavy atom. The lowest BCUT2D eigenvalue weighted by atomic mass is 10.1. The quantitative estimate of drug-likeness (QED) is 0.691. The van der Waals surface area contributed by atoms with Crippen molar-refractivity contribution in [1.29, 1.82) is 0 Å². The molecule has 25 heavy (non-hydrogen) atoms. The summed E-state index contributed by atoms with van der Waals surface area (Å²) in [5.74, 6) is -0.769. The highest BCUT2D eigenvalue weighted by Gasteiger charge is 2.16. The van der Waals surface area contributed by atoms with Gasteiger partial charge in [-0.25, -0.2) is 4.39 Å². The molecule has 0 atom stereocenters. The number of hydrogen-bond donors (Lipinski definition) is 0. The van der Waals surface area contributed by atoms with Crippen molar-refractivity contribution in [1.82, 2.24) is 4.90 Å². The van der Waals surface area contributed by atoms with Crippen molar-refractivity contribution in [3.63, 3.8) is 0 Å². The maximum absolute atomic E-state index is 13.0. The molecule has 0 aliphatic carbocycles. The number of carbonyl (C=O) groups excluding carboxylic acids is 2. The molecule has 1 amide bonds. The second kappa shape index (κ2) is 9.57. The van der Waals surface area contributed by atoms with Crippen molar-refractivity contribution < 1.29 is 18.7 Å². The summed E-state index contributed by atoms with van der Waals surface area (Å²) in [6.45, 7) is 2.77. The highest BCUT2D eigenvalue weighted by atomic mass is 19.1. The molecule has 0 aromatic heterocycles. The fourth-order valence-corrected chi connectivity index (χ4v) is 2.44. The monoisotopic (exact) mass is 343 g/mol. The van der Waals surface area contributed by atoms with E-state index in [9.17, 15) is 14.0 Å². The van der Waals surface area contributed by atoms with Crippen molar-refractivity contribution >= 4 is 11.9 Å². The Morgan fingerprint density at radius 2 is 1.68 bits per heavy atom. The van der Waals surface area contributed by atoms with E-state index in [1.807, 2.05) is 30.3 Å². The summed E-state index contributed by atoms with van der Waals surface area (Å²) >= 11 is 0. The first-order valence-corrected chi connectivity index (χ1v) is 8.30. The number of hydrogen-bond acceptors (Lipinski definition) is 3. The third kappa shape index (κ3) is 6.37. The largest absolute Gasteiger partial charge is 0.466 e. The highest BCUT2D eigenvalue weighted by molar-refractivity contribution is 5.79. The van der Waals surface area contributed by atoms with Crippen molar-refractivity contribution in [3.05, 3.63) is 71.5 Å². The van der Waals surface area contributed by atoms with Gasteiger partial charge in [-0.3, -0.25) is 9.59 Å². The molecule has 0 aliphatic heterocycles. The standard InChI is InChI=1S/C20H22FNO3/c1-2-25-20(24)12-13-22(15-17-6-4-3-5-7-17)19(23)14-16-8-10-18(21)11-9-16/h3-11H,2,12-15H2,1H3. The van der Waals surface area contributed by atoms with E-state index in [0.717, 1.165) is 11.1 Å². The molecule has 2 aromatic carbocycles. The molecule has 0 saturated heterocycles. The minimum atomic E-state index is -0.334. The highest BCUT2D eigenvalue weighted by Crippen LogP contribution is 2.10. The summed E-state index contributed by atoms with van der Waals surface area (Å²) in [5, 5.41) is 0. The lowest BCUT2D eigenvalue weighted by molar-refractivity contribution is -0.144. The average molecular weight is 343 g/mol. The number of nitrogens with zero attached hydrogens (tertiary/aromatic N) is 1. The second-order valence-corrected chi connectivity index (χ2v) is 5.66. The minimum absolute atomic E-state index is 0.111. The molecule has 0 heterocycles. The normalized spacial score (nSPS) is 10.3. The van der Waals surface area contributed by atoms with Gasteiger partial charge in [-0.1, -0.05) is 42.5 Å². The molecule has 0 radical (unpaired) electrons. The number of amides is 1. The van der Waals surface area contributed by atoms with E-state index in [1.54, 1.807) is 24.0 Å². The van der Waals surface area contributed by atoms with E-state index in [4.69, 9.17) is 4.74 Å². The fourth-order valence-electron chi connectivity index (χ4n) is 2.44. The molecule has 0 aliphatic rings. The molecular weight excluding hydrogens is 321 g/mol. The molecule has 0 saturated carbocycles. The van der Waals surface area contributed by atoms with Crippen molar-refractivity contribution in [2.75, 3.05) is 13.2 Å². The van der Waals surface area contributed by atoms with Crippen LogP contribution >= 0.6 is 0 Å². The molecule has 0 N–H and O–H groups in total. The molecule has 132 valence electrons. The molecular formula is C20H22FNO3. The molecule has 0 bridgehead atoms. The van der Waals surface area contributed by atoms with E-state index < -0.39 is 0 Å². The molecule has 0 unspecified atom stereocenters. The van der Waals surface area contributed by atoms with E-state index in [0.29, 0.717) is 13.2 Å². The van der Waals surface area contributed by atoms with Gasteiger partial charge in [0, 0.05) is 13.1 Å². The van der Waals surface area contributed by atoms with Crippen LogP contribution < -0.4 is 0 Å². The summed E-state index contributed by atoms with van der Waals surface area (Å²) in [4.78, 5) is 25.9. The Labute approximate surface area is 147 Å². The number of carbonyl (C=O) groups is 2. The van der Waals surface area contributed by atoms with Crippen LogP contribution in [0.2, 0.25) is 0 Å². The van der Waals surface area contributed by atoms with Gasteiger partial charge < -0.3 is 9.64 Å². The van der Waals surface area contributed by atoms with Crippen LogP contribution in [-0.2, 0) is 27.3 Å². The Bertz CT molecular complexity index is 686. The van der Waals surface area contributed by atoms with Gasteiger partial charge in [0.05, 0.1) is 19.4 Å². The van der Waals surface area contributed by atoms with E-state index in [2.05, 4.69) is 0 Å². The molecule has 2 rings (SSSR count). The number of esters is 1. The van der Waals surface area contributed by atoms with Gasteiger partial charge in [0.15, 0.2) is 0 Å². The average Bonchev–Trinajstić information content (AvgIpc) is 2.61. The fraction of sp³-hybridized carbons (Fsp3) is 0.300. The van der Waals surface area contributed by atoms with Gasteiger partial charge in [-0.05, 0) is 30.2 Å². The lowest BCUT2D eigenvalue weighted by Gasteiger charge is -2.22. The Morgan fingerprint density at radius 1 is 1.00 bits per heavy atom. The van der Waals surface area contributed by atoms with Crippen LogP contribution in [-0.4, -0.2) is 29.9 Å². The third-order valence-electron chi connectivity index (χ3n) is 3.73. The molecule has 4 nitrogen and oxygen atoms in total. The number of benzene rings is 2. The number of ether oxygens (including phenoxy) is 1. The van der Waals surface area contributed by atoms with Crippen molar-refractivity contribution in [2.24, 2.45) is 0 Å². The van der Waals surface area contributed by atoms with Crippen LogP contribution in [0.25, 0.3) is 0 Å². The third-order valence-corrected chi connectivity index (χ3v) is 3.73. The topological polar surface area (TPSA) is 46.6 Å². The molecule has 0 spiro atoms. The predicted molar refractivity (Wildman–Crippen MR) is 93.2 cm³/mol. The number of rotatable bonds is 8. The molecule has 0 fully saturated rings. The van der Waals surface area contributed by atoms with Crippen molar-refractivity contribution in [3.8, 4) is 0 Å². The summed E-state index contributed by atoms with van der Waals surface area (Å²) in [6, 6.07) is 15.5. The van der Waals surface area contributed by atoms with Gasteiger partial charge in [0.1, 0.15) is 5.82 Å². The Hall–Kier alpha value is -2.69. The first-order valence-electron chi connectivity index (χ1n) is 8.30. The van der Waals surface area contributed by atoms with Crippen LogP contribution in [0, 0.1) is 5.82 Å². The van der Waals surface area contributed by atoms with Crippen LogP contribution in [0.15, 0.2) is 54.6 Å². The summed E-state index contributed by atoms with van der Waals surface area (Å²) < 4.78 is 17.9. The van der Waals surface area contributed by atoms with Crippen LogP contribution in [0.5, 0.6) is 0 Å². The van der Waals surface area contributed by atoms with Gasteiger partial charge >= 0.3 is 5.97 Å². The number of halogens is 1. The van der Waals surface area contributed by atoms with Gasteiger partial charge in [-0.2, -0.15) is 0 Å². The van der Waals surface area contributed by atoms with Gasteiger partial charge in [0.2, 0.25) is 5.91 Å². The zero-order chi connectivity index (χ0) is 18.1. The second-order valence-electron chi connectivity index (χ2n) is 5.66. The van der Waals surface area contributed by atoms with Crippen LogP contribution in [0.3, 0.4) is 0 Å². The lowest BCUT2D eigenvalue weighted by Crippen LogP contribution is -2.34. The maximum Gasteiger partial charge on any atom is 0.307 e. The predicted octanol–water partition coefficient (Wildman–Crippen LogP) is 3.35. The first-order chi connectivity index (χ1) is 12.1. The summed E-state index contributed by atoms with van der Waals surface area (Å²) in [6.07, 6.45) is 0.311. The summed E-state index contributed by atoms with van der Waals surface area (Å²) in [7, 11) is 0. The smallest absolute Gasteiger partial charge is 0.307 e.